The highest BCUT2D eigenvalue weighted by Crippen LogP contribution is 2.33. The highest BCUT2D eigenvalue weighted by Gasteiger charge is 2.27. The summed E-state index contributed by atoms with van der Waals surface area (Å²) in [6.45, 7) is 2.85. The number of benzene rings is 2. The molecule has 1 atom stereocenters. The summed E-state index contributed by atoms with van der Waals surface area (Å²) in [6.07, 6.45) is 1.77. The Kier molecular flexibility index (Phi) is 6.92. The third-order valence-corrected chi connectivity index (χ3v) is 4.98. The van der Waals surface area contributed by atoms with Gasteiger partial charge < -0.3 is 9.47 Å². The number of nitrogens with zero attached hydrogens (tertiary/aromatic N) is 1. The van der Waals surface area contributed by atoms with E-state index in [1.54, 1.807) is 0 Å². The van der Waals surface area contributed by atoms with Crippen molar-refractivity contribution >= 4 is 18.1 Å². The summed E-state index contributed by atoms with van der Waals surface area (Å²) in [7, 11) is 0. The van der Waals surface area contributed by atoms with Gasteiger partial charge in [-0.15, -0.1) is 11.6 Å². The summed E-state index contributed by atoms with van der Waals surface area (Å²) < 4.78 is 10.9. The molecule has 0 spiro atoms. The minimum atomic E-state index is -0.305. The predicted molar refractivity (Wildman–Crippen MR) is 103 cm³/mol. The van der Waals surface area contributed by atoms with Crippen LogP contribution in [0.4, 0.5) is 0 Å². The van der Waals surface area contributed by atoms with Gasteiger partial charge in [0.15, 0.2) is 6.23 Å². The first-order valence-electron chi connectivity index (χ1n) is 8.98. The van der Waals surface area contributed by atoms with E-state index in [2.05, 4.69) is 17.0 Å². The lowest BCUT2D eigenvalue weighted by molar-refractivity contribution is -0.145. The molecule has 0 bridgehead atoms. The van der Waals surface area contributed by atoms with Gasteiger partial charge in [0, 0.05) is 18.7 Å². The van der Waals surface area contributed by atoms with E-state index in [4.69, 9.17) is 21.1 Å². The van der Waals surface area contributed by atoms with Gasteiger partial charge in [0.05, 0.1) is 5.88 Å². The van der Waals surface area contributed by atoms with Crippen molar-refractivity contribution in [2.45, 2.75) is 25.0 Å². The first kappa shape index (κ1) is 18.7. The van der Waals surface area contributed by atoms with Crippen LogP contribution in [0.5, 0.6) is 5.75 Å². The second-order valence-electron chi connectivity index (χ2n) is 6.41. The number of carbonyl (C=O) groups is 1. The molecule has 2 aromatic carbocycles. The quantitative estimate of drug-likeness (QED) is 0.509. The van der Waals surface area contributed by atoms with Crippen molar-refractivity contribution in [1.29, 1.82) is 0 Å². The maximum atomic E-state index is 11.0. The van der Waals surface area contributed by atoms with Gasteiger partial charge in [-0.2, -0.15) is 0 Å². The van der Waals surface area contributed by atoms with Crippen molar-refractivity contribution in [2.75, 3.05) is 25.6 Å². The highest BCUT2D eigenvalue weighted by atomic mass is 35.5. The fourth-order valence-electron chi connectivity index (χ4n) is 3.51. The van der Waals surface area contributed by atoms with Crippen LogP contribution in [0, 0.1) is 0 Å². The summed E-state index contributed by atoms with van der Waals surface area (Å²) >= 11 is 5.65. The van der Waals surface area contributed by atoms with E-state index in [0.717, 1.165) is 37.2 Å². The van der Waals surface area contributed by atoms with Gasteiger partial charge in [0.2, 0.25) is 0 Å². The average molecular weight is 374 g/mol. The van der Waals surface area contributed by atoms with E-state index in [1.807, 2.05) is 42.5 Å². The SMILES string of the molecule is O=COC(c1ccccc1)N1CCC(c2ccc(OCCCl)cc2)CC1. The van der Waals surface area contributed by atoms with Gasteiger partial charge >= 0.3 is 0 Å². The number of hydrogen-bond acceptors (Lipinski definition) is 4. The molecule has 5 heteroatoms. The molecule has 138 valence electrons. The summed E-state index contributed by atoms with van der Waals surface area (Å²) in [4.78, 5) is 13.2. The minimum Gasteiger partial charge on any atom is -0.492 e. The molecule has 1 aliphatic heterocycles. The third-order valence-electron chi connectivity index (χ3n) is 4.83. The highest BCUT2D eigenvalue weighted by molar-refractivity contribution is 6.18. The molecule has 2 aromatic rings. The molecule has 1 unspecified atom stereocenters. The summed E-state index contributed by atoms with van der Waals surface area (Å²) in [6, 6.07) is 18.2. The molecule has 0 aliphatic carbocycles. The number of halogens is 1. The number of hydrogen-bond donors (Lipinski definition) is 0. The number of piperidine rings is 1. The van der Waals surface area contributed by atoms with Crippen LogP contribution in [0.3, 0.4) is 0 Å². The maximum absolute atomic E-state index is 11.0. The Balaban J connectivity index is 1.60. The smallest absolute Gasteiger partial charge is 0.294 e. The fourth-order valence-corrected chi connectivity index (χ4v) is 3.58. The van der Waals surface area contributed by atoms with E-state index in [9.17, 15) is 4.79 Å². The molecule has 4 nitrogen and oxygen atoms in total. The lowest BCUT2D eigenvalue weighted by atomic mass is 9.89. The molecule has 0 aromatic heterocycles. The largest absolute Gasteiger partial charge is 0.492 e. The van der Waals surface area contributed by atoms with Crippen molar-refractivity contribution < 1.29 is 14.3 Å². The topological polar surface area (TPSA) is 38.8 Å². The van der Waals surface area contributed by atoms with Crippen LogP contribution in [0.2, 0.25) is 0 Å². The molecule has 1 saturated heterocycles. The third kappa shape index (κ3) is 4.77. The van der Waals surface area contributed by atoms with Gasteiger partial charge in [0.25, 0.3) is 6.47 Å². The number of ether oxygens (including phenoxy) is 2. The van der Waals surface area contributed by atoms with Crippen LogP contribution < -0.4 is 4.74 Å². The molecular weight excluding hydrogens is 350 g/mol. The Morgan fingerprint density at radius 1 is 1.08 bits per heavy atom. The Bertz CT molecular complexity index is 669. The number of carbonyl (C=O) groups excluding carboxylic acids is 1. The van der Waals surface area contributed by atoms with Crippen molar-refractivity contribution in [3.8, 4) is 5.75 Å². The fraction of sp³-hybridized carbons (Fsp3) is 0.381. The molecule has 0 N–H and O–H groups in total. The summed E-state index contributed by atoms with van der Waals surface area (Å²) in [5.41, 5.74) is 2.34. The molecule has 1 heterocycles. The zero-order valence-corrected chi connectivity index (χ0v) is 15.5. The van der Waals surface area contributed by atoms with Crippen LogP contribution in [-0.2, 0) is 9.53 Å². The van der Waals surface area contributed by atoms with E-state index in [-0.39, 0.29) is 6.23 Å². The van der Waals surface area contributed by atoms with Gasteiger partial charge in [-0.3, -0.25) is 9.69 Å². The van der Waals surface area contributed by atoms with E-state index in [1.165, 1.54) is 5.56 Å². The Morgan fingerprint density at radius 2 is 1.77 bits per heavy atom. The molecule has 1 aliphatic rings. The predicted octanol–water partition coefficient (Wildman–Crippen LogP) is 4.36. The molecule has 1 fully saturated rings. The van der Waals surface area contributed by atoms with E-state index >= 15 is 0 Å². The molecule has 3 rings (SSSR count). The first-order valence-corrected chi connectivity index (χ1v) is 9.52. The lowest BCUT2D eigenvalue weighted by Crippen LogP contribution is -2.37. The Hall–Kier alpha value is -2.04. The van der Waals surface area contributed by atoms with Crippen LogP contribution >= 0.6 is 11.6 Å². The van der Waals surface area contributed by atoms with Crippen LogP contribution in [-0.4, -0.2) is 36.9 Å². The zero-order valence-electron chi connectivity index (χ0n) is 14.7. The molecule has 26 heavy (non-hydrogen) atoms. The standard InChI is InChI=1S/C21H24ClNO3/c22-12-15-25-20-8-6-17(7-9-20)18-10-13-23(14-11-18)21(26-16-24)19-4-2-1-3-5-19/h1-9,16,18,21H,10-15H2. The van der Waals surface area contributed by atoms with E-state index in [0.29, 0.717) is 24.9 Å². The number of likely N-dealkylation sites (tertiary alicyclic amines) is 1. The number of alkyl halides is 1. The molecular formula is C21H24ClNO3. The Labute approximate surface area is 159 Å². The average Bonchev–Trinajstić information content (AvgIpc) is 2.72. The van der Waals surface area contributed by atoms with Crippen molar-refractivity contribution in [3.63, 3.8) is 0 Å². The summed E-state index contributed by atoms with van der Waals surface area (Å²) in [5, 5.41) is 0. The van der Waals surface area contributed by atoms with Crippen LogP contribution in [0.25, 0.3) is 0 Å². The Morgan fingerprint density at radius 3 is 2.38 bits per heavy atom. The normalized spacial score (nSPS) is 16.8. The van der Waals surface area contributed by atoms with Crippen molar-refractivity contribution in [1.82, 2.24) is 4.90 Å². The maximum Gasteiger partial charge on any atom is 0.294 e. The van der Waals surface area contributed by atoms with Crippen molar-refractivity contribution in [3.05, 3.63) is 65.7 Å². The van der Waals surface area contributed by atoms with Gasteiger partial charge in [-0.05, 0) is 36.5 Å². The molecule has 0 saturated carbocycles. The zero-order chi connectivity index (χ0) is 18.2. The van der Waals surface area contributed by atoms with Crippen LogP contribution in [0.1, 0.15) is 36.1 Å². The van der Waals surface area contributed by atoms with Crippen LogP contribution in [0.15, 0.2) is 54.6 Å². The second-order valence-corrected chi connectivity index (χ2v) is 6.79. The van der Waals surface area contributed by atoms with Gasteiger partial charge in [0.1, 0.15) is 12.4 Å². The second kappa shape index (κ2) is 9.60. The van der Waals surface area contributed by atoms with Gasteiger partial charge in [-0.1, -0.05) is 42.5 Å². The number of rotatable bonds is 8. The molecule has 0 amide bonds. The van der Waals surface area contributed by atoms with E-state index < -0.39 is 0 Å². The monoisotopic (exact) mass is 373 g/mol. The van der Waals surface area contributed by atoms with Gasteiger partial charge in [-0.25, -0.2) is 0 Å². The van der Waals surface area contributed by atoms with Crippen molar-refractivity contribution in [2.24, 2.45) is 0 Å². The molecule has 0 radical (unpaired) electrons. The summed E-state index contributed by atoms with van der Waals surface area (Å²) in [5.74, 6) is 1.86. The minimum absolute atomic E-state index is 0.305. The first-order chi connectivity index (χ1) is 12.8. The lowest BCUT2D eigenvalue weighted by Gasteiger charge is -2.36.